The zero-order valence-electron chi connectivity index (χ0n) is 16.8. The number of methoxy groups -OCH3 is 1. The SMILES string of the molecule is C=CCOc1ccccc1CN(CC)C(=O)[C@@H]1CC(=O)Nc2ccc(OC)cc21. The van der Waals surface area contributed by atoms with Crippen molar-refractivity contribution < 1.29 is 19.1 Å². The zero-order valence-corrected chi connectivity index (χ0v) is 16.8. The maximum atomic E-state index is 13.4. The van der Waals surface area contributed by atoms with E-state index < -0.39 is 5.92 Å². The number of hydrogen-bond acceptors (Lipinski definition) is 4. The Bertz CT molecular complexity index is 910. The number of nitrogens with one attached hydrogen (secondary N) is 1. The van der Waals surface area contributed by atoms with Crippen LogP contribution in [0.25, 0.3) is 0 Å². The molecule has 0 unspecified atom stereocenters. The number of amides is 2. The number of carbonyl (C=O) groups excluding carboxylic acids is 2. The van der Waals surface area contributed by atoms with E-state index in [0.29, 0.717) is 31.1 Å². The molecule has 2 aromatic rings. The molecule has 0 bridgehead atoms. The van der Waals surface area contributed by atoms with Crippen LogP contribution in [-0.2, 0) is 16.1 Å². The van der Waals surface area contributed by atoms with E-state index in [4.69, 9.17) is 9.47 Å². The Kier molecular flexibility index (Phi) is 6.54. The van der Waals surface area contributed by atoms with Gasteiger partial charge in [0, 0.05) is 30.8 Å². The molecule has 6 heteroatoms. The van der Waals surface area contributed by atoms with E-state index in [2.05, 4.69) is 11.9 Å². The minimum atomic E-state index is -0.546. The molecule has 1 N–H and O–H groups in total. The average molecular weight is 394 g/mol. The van der Waals surface area contributed by atoms with Crippen LogP contribution in [0.3, 0.4) is 0 Å². The molecule has 6 nitrogen and oxygen atoms in total. The largest absolute Gasteiger partial charge is 0.497 e. The molecule has 2 aromatic carbocycles. The van der Waals surface area contributed by atoms with Crippen molar-refractivity contribution in [2.24, 2.45) is 0 Å². The lowest BCUT2D eigenvalue weighted by molar-refractivity contribution is -0.135. The smallest absolute Gasteiger partial charge is 0.231 e. The summed E-state index contributed by atoms with van der Waals surface area (Å²) in [4.78, 5) is 27.4. The van der Waals surface area contributed by atoms with E-state index in [1.807, 2.05) is 37.3 Å². The fourth-order valence-corrected chi connectivity index (χ4v) is 3.48. The van der Waals surface area contributed by atoms with Gasteiger partial charge in [0.2, 0.25) is 11.8 Å². The molecular weight excluding hydrogens is 368 g/mol. The summed E-state index contributed by atoms with van der Waals surface area (Å²) < 4.78 is 11.0. The van der Waals surface area contributed by atoms with Crippen LogP contribution in [-0.4, -0.2) is 37.0 Å². The van der Waals surface area contributed by atoms with Crippen molar-refractivity contribution >= 4 is 17.5 Å². The van der Waals surface area contributed by atoms with Gasteiger partial charge < -0.3 is 19.7 Å². The van der Waals surface area contributed by atoms with Gasteiger partial charge in [0.1, 0.15) is 18.1 Å². The van der Waals surface area contributed by atoms with Crippen LogP contribution < -0.4 is 14.8 Å². The van der Waals surface area contributed by atoms with Gasteiger partial charge >= 0.3 is 0 Å². The highest BCUT2D eigenvalue weighted by Gasteiger charge is 2.33. The number of anilines is 1. The summed E-state index contributed by atoms with van der Waals surface area (Å²) in [5.74, 6) is 0.586. The van der Waals surface area contributed by atoms with Crippen molar-refractivity contribution in [1.82, 2.24) is 4.90 Å². The summed E-state index contributed by atoms with van der Waals surface area (Å²) in [5.41, 5.74) is 2.35. The molecule has 0 fully saturated rings. The third-order valence-electron chi connectivity index (χ3n) is 4.98. The van der Waals surface area contributed by atoms with Crippen LogP contribution in [0.1, 0.15) is 30.4 Å². The molecule has 2 amide bonds. The monoisotopic (exact) mass is 394 g/mol. The summed E-state index contributed by atoms with van der Waals surface area (Å²) in [5, 5.41) is 2.84. The van der Waals surface area contributed by atoms with Gasteiger partial charge in [0.05, 0.1) is 13.0 Å². The highest BCUT2D eigenvalue weighted by molar-refractivity contribution is 6.01. The van der Waals surface area contributed by atoms with Gasteiger partial charge in [-0.1, -0.05) is 30.9 Å². The van der Waals surface area contributed by atoms with Gasteiger partial charge in [-0.2, -0.15) is 0 Å². The van der Waals surface area contributed by atoms with Gasteiger partial charge in [-0.25, -0.2) is 0 Å². The Morgan fingerprint density at radius 2 is 2.10 bits per heavy atom. The fourth-order valence-electron chi connectivity index (χ4n) is 3.48. The van der Waals surface area contributed by atoms with Crippen molar-refractivity contribution in [2.75, 3.05) is 25.6 Å². The van der Waals surface area contributed by atoms with Crippen molar-refractivity contribution in [2.45, 2.75) is 25.8 Å². The predicted molar refractivity (Wildman–Crippen MR) is 112 cm³/mol. The van der Waals surface area contributed by atoms with E-state index in [-0.39, 0.29) is 18.2 Å². The van der Waals surface area contributed by atoms with Crippen molar-refractivity contribution in [3.05, 3.63) is 66.2 Å². The van der Waals surface area contributed by atoms with Crippen molar-refractivity contribution in [3.8, 4) is 11.5 Å². The summed E-state index contributed by atoms with van der Waals surface area (Å²) in [6, 6.07) is 13.0. The fraction of sp³-hybridized carbons (Fsp3) is 0.304. The minimum Gasteiger partial charge on any atom is -0.497 e. The van der Waals surface area contributed by atoms with Gasteiger partial charge in [0.15, 0.2) is 0 Å². The van der Waals surface area contributed by atoms with Crippen LogP contribution in [0.2, 0.25) is 0 Å². The number of benzene rings is 2. The molecule has 1 aliphatic heterocycles. The second-order valence-electron chi connectivity index (χ2n) is 6.82. The lowest BCUT2D eigenvalue weighted by Gasteiger charge is -2.30. The van der Waals surface area contributed by atoms with E-state index in [1.165, 1.54) is 0 Å². The Labute approximate surface area is 171 Å². The van der Waals surface area contributed by atoms with Crippen molar-refractivity contribution in [3.63, 3.8) is 0 Å². The van der Waals surface area contributed by atoms with Gasteiger partial charge in [0.25, 0.3) is 0 Å². The first kappa shape index (κ1) is 20.5. The zero-order chi connectivity index (χ0) is 20.8. The van der Waals surface area contributed by atoms with E-state index >= 15 is 0 Å². The number of para-hydroxylation sites is 1. The van der Waals surface area contributed by atoms with Crippen molar-refractivity contribution in [1.29, 1.82) is 0 Å². The first-order valence-corrected chi connectivity index (χ1v) is 9.65. The maximum absolute atomic E-state index is 13.4. The highest BCUT2D eigenvalue weighted by atomic mass is 16.5. The normalized spacial score (nSPS) is 15.1. The standard InChI is InChI=1S/C23H26N2O4/c1-4-12-29-21-9-7-6-8-16(21)15-25(5-2)23(27)19-14-22(26)24-20-11-10-17(28-3)13-18(19)20/h4,6-11,13,19H,1,5,12,14-15H2,2-3H3,(H,24,26)/t19-/m1/s1. The third kappa shape index (κ3) is 4.59. The number of ether oxygens (including phenoxy) is 2. The molecule has 1 heterocycles. The van der Waals surface area contributed by atoms with Gasteiger partial charge in [-0.3, -0.25) is 9.59 Å². The molecule has 0 spiro atoms. The Balaban J connectivity index is 1.87. The predicted octanol–water partition coefficient (Wildman–Crippen LogP) is 3.73. The van der Waals surface area contributed by atoms with E-state index in [1.54, 1.807) is 30.2 Å². The molecule has 0 radical (unpaired) electrons. The molecule has 0 saturated heterocycles. The average Bonchev–Trinajstić information content (AvgIpc) is 2.75. The second-order valence-corrected chi connectivity index (χ2v) is 6.82. The molecule has 0 aromatic heterocycles. The van der Waals surface area contributed by atoms with E-state index in [9.17, 15) is 9.59 Å². The third-order valence-corrected chi connectivity index (χ3v) is 4.98. The number of fused-ring (bicyclic) bond motifs is 1. The molecule has 0 saturated carbocycles. The van der Waals surface area contributed by atoms with Crippen LogP contribution in [0.4, 0.5) is 5.69 Å². The molecule has 0 aliphatic carbocycles. The maximum Gasteiger partial charge on any atom is 0.231 e. The molecule has 152 valence electrons. The summed E-state index contributed by atoms with van der Waals surface area (Å²) >= 11 is 0. The quantitative estimate of drug-likeness (QED) is 0.693. The van der Waals surface area contributed by atoms with Crippen LogP contribution >= 0.6 is 0 Å². The first-order chi connectivity index (χ1) is 14.1. The summed E-state index contributed by atoms with van der Waals surface area (Å²) in [6.45, 7) is 6.93. The lowest BCUT2D eigenvalue weighted by atomic mass is 9.89. The summed E-state index contributed by atoms with van der Waals surface area (Å²) in [6.07, 6.45) is 1.80. The highest BCUT2D eigenvalue weighted by Crippen LogP contribution is 2.36. The molecule has 29 heavy (non-hydrogen) atoms. The Hall–Kier alpha value is -3.28. The first-order valence-electron chi connectivity index (χ1n) is 9.65. The molecular formula is C23H26N2O4. The number of rotatable bonds is 8. The number of nitrogens with zero attached hydrogens (tertiary/aromatic N) is 1. The van der Waals surface area contributed by atoms with Crippen LogP contribution in [0.15, 0.2) is 55.1 Å². The molecule has 3 rings (SSSR count). The second kappa shape index (κ2) is 9.28. The number of carbonyl (C=O) groups is 2. The summed E-state index contributed by atoms with van der Waals surface area (Å²) in [7, 11) is 1.58. The Morgan fingerprint density at radius 1 is 1.31 bits per heavy atom. The van der Waals surface area contributed by atoms with Crippen LogP contribution in [0, 0.1) is 0 Å². The van der Waals surface area contributed by atoms with Gasteiger partial charge in [-0.15, -0.1) is 0 Å². The minimum absolute atomic E-state index is 0.0876. The lowest BCUT2D eigenvalue weighted by Crippen LogP contribution is -2.38. The Morgan fingerprint density at radius 3 is 2.83 bits per heavy atom. The van der Waals surface area contributed by atoms with Crippen LogP contribution in [0.5, 0.6) is 11.5 Å². The van der Waals surface area contributed by atoms with E-state index in [0.717, 1.165) is 16.9 Å². The van der Waals surface area contributed by atoms with Gasteiger partial charge in [-0.05, 0) is 36.8 Å². The topological polar surface area (TPSA) is 67.9 Å². The number of likely N-dealkylation sites (N-methyl/N-ethyl adjacent to an activating group) is 1. The molecule has 1 atom stereocenters. The molecule has 1 aliphatic rings. The number of hydrogen-bond donors (Lipinski definition) is 1.